The SMILES string of the molecule is COc1cccc(C(=O)NCCNC(=O)CCC2CCCCC2)c1. The summed E-state index contributed by atoms with van der Waals surface area (Å²) >= 11 is 0. The van der Waals surface area contributed by atoms with Crippen molar-refractivity contribution >= 4 is 11.8 Å². The van der Waals surface area contributed by atoms with Crippen LogP contribution in [0.2, 0.25) is 0 Å². The number of carbonyl (C=O) groups is 2. The molecular formula is C19H28N2O3. The number of benzene rings is 1. The fraction of sp³-hybridized carbons (Fsp3) is 0.579. The standard InChI is InChI=1S/C19H28N2O3/c1-24-17-9-5-8-16(14-17)19(23)21-13-12-20-18(22)11-10-15-6-3-2-4-7-15/h5,8-9,14-15H,2-4,6-7,10-13H2,1H3,(H,20,22)(H,21,23). The van der Waals surface area contributed by atoms with Crippen LogP contribution in [0.3, 0.4) is 0 Å². The Kier molecular flexibility index (Phi) is 7.59. The van der Waals surface area contributed by atoms with Gasteiger partial charge < -0.3 is 15.4 Å². The molecule has 2 rings (SSSR count). The highest BCUT2D eigenvalue weighted by molar-refractivity contribution is 5.94. The van der Waals surface area contributed by atoms with Crippen LogP contribution in [0.15, 0.2) is 24.3 Å². The molecule has 0 bridgehead atoms. The number of rotatable bonds is 8. The van der Waals surface area contributed by atoms with Gasteiger partial charge in [-0.1, -0.05) is 38.2 Å². The van der Waals surface area contributed by atoms with Crippen molar-refractivity contribution < 1.29 is 14.3 Å². The van der Waals surface area contributed by atoms with Crippen molar-refractivity contribution in [2.75, 3.05) is 20.2 Å². The Morgan fingerprint density at radius 3 is 2.62 bits per heavy atom. The Balaban J connectivity index is 1.59. The van der Waals surface area contributed by atoms with Gasteiger partial charge in [0.1, 0.15) is 5.75 Å². The van der Waals surface area contributed by atoms with Crippen LogP contribution in [0, 0.1) is 5.92 Å². The lowest BCUT2D eigenvalue weighted by atomic mass is 9.86. The number of hydrogen-bond acceptors (Lipinski definition) is 3. The molecule has 1 saturated carbocycles. The Bertz CT molecular complexity index is 539. The van der Waals surface area contributed by atoms with E-state index in [1.54, 1.807) is 31.4 Å². The maximum Gasteiger partial charge on any atom is 0.251 e. The molecule has 1 aliphatic carbocycles. The Morgan fingerprint density at radius 1 is 1.12 bits per heavy atom. The minimum absolute atomic E-state index is 0.0798. The highest BCUT2D eigenvalue weighted by Crippen LogP contribution is 2.27. The molecule has 5 nitrogen and oxygen atoms in total. The fourth-order valence-electron chi connectivity index (χ4n) is 3.14. The van der Waals surface area contributed by atoms with Gasteiger partial charge in [-0.3, -0.25) is 9.59 Å². The third kappa shape index (κ3) is 6.22. The molecule has 0 spiro atoms. The van der Waals surface area contributed by atoms with Crippen LogP contribution in [0.5, 0.6) is 5.75 Å². The van der Waals surface area contributed by atoms with E-state index in [1.165, 1.54) is 32.1 Å². The van der Waals surface area contributed by atoms with Crippen LogP contribution >= 0.6 is 0 Å². The molecular weight excluding hydrogens is 304 g/mol. The number of amides is 2. The van der Waals surface area contributed by atoms with Crippen LogP contribution in [-0.2, 0) is 4.79 Å². The topological polar surface area (TPSA) is 67.4 Å². The molecule has 1 aromatic rings. The monoisotopic (exact) mass is 332 g/mol. The number of nitrogens with one attached hydrogen (secondary N) is 2. The van der Waals surface area contributed by atoms with Gasteiger partial charge in [0.25, 0.3) is 5.91 Å². The van der Waals surface area contributed by atoms with Crippen LogP contribution in [0.4, 0.5) is 0 Å². The quantitative estimate of drug-likeness (QED) is 0.719. The lowest BCUT2D eigenvalue weighted by Crippen LogP contribution is -2.34. The molecule has 132 valence electrons. The van der Waals surface area contributed by atoms with E-state index < -0.39 is 0 Å². The maximum atomic E-state index is 12.0. The molecule has 2 amide bonds. The van der Waals surface area contributed by atoms with E-state index in [-0.39, 0.29) is 11.8 Å². The highest BCUT2D eigenvalue weighted by atomic mass is 16.5. The zero-order chi connectivity index (χ0) is 17.2. The summed E-state index contributed by atoms with van der Waals surface area (Å²) in [6, 6.07) is 7.00. The van der Waals surface area contributed by atoms with Crippen LogP contribution in [0.25, 0.3) is 0 Å². The van der Waals surface area contributed by atoms with Gasteiger partial charge in [-0.15, -0.1) is 0 Å². The molecule has 0 aromatic heterocycles. The van der Waals surface area contributed by atoms with Crippen molar-refractivity contribution in [1.29, 1.82) is 0 Å². The van der Waals surface area contributed by atoms with E-state index in [4.69, 9.17) is 4.74 Å². The molecule has 0 atom stereocenters. The van der Waals surface area contributed by atoms with Gasteiger partial charge in [0.2, 0.25) is 5.91 Å². The second-order valence-corrected chi connectivity index (χ2v) is 6.38. The highest BCUT2D eigenvalue weighted by Gasteiger charge is 2.14. The van der Waals surface area contributed by atoms with Crippen molar-refractivity contribution in [3.63, 3.8) is 0 Å². The summed E-state index contributed by atoms with van der Waals surface area (Å²) in [6.07, 6.45) is 8.07. The summed E-state index contributed by atoms with van der Waals surface area (Å²) in [6.45, 7) is 0.879. The molecule has 1 fully saturated rings. The first-order chi connectivity index (χ1) is 11.7. The predicted octanol–water partition coefficient (Wildman–Crippen LogP) is 2.90. The molecule has 1 aromatic carbocycles. The molecule has 0 saturated heterocycles. The number of carbonyl (C=O) groups excluding carboxylic acids is 2. The normalized spacial score (nSPS) is 14.9. The van der Waals surface area contributed by atoms with Gasteiger partial charge >= 0.3 is 0 Å². The van der Waals surface area contributed by atoms with E-state index in [2.05, 4.69) is 10.6 Å². The second-order valence-electron chi connectivity index (χ2n) is 6.38. The molecule has 2 N–H and O–H groups in total. The first kappa shape index (κ1) is 18.3. The van der Waals surface area contributed by atoms with Crippen molar-refractivity contribution in [2.45, 2.75) is 44.9 Å². The number of methoxy groups -OCH3 is 1. The van der Waals surface area contributed by atoms with Crippen LogP contribution in [0.1, 0.15) is 55.3 Å². The first-order valence-electron chi connectivity index (χ1n) is 8.88. The fourth-order valence-corrected chi connectivity index (χ4v) is 3.14. The van der Waals surface area contributed by atoms with Gasteiger partial charge in [0.15, 0.2) is 0 Å². The summed E-state index contributed by atoms with van der Waals surface area (Å²) in [4.78, 5) is 23.9. The van der Waals surface area contributed by atoms with Crippen LogP contribution < -0.4 is 15.4 Å². The predicted molar refractivity (Wildman–Crippen MR) is 94.1 cm³/mol. The van der Waals surface area contributed by atoms with Gasteiger partial charge in [0, 0.05) is 25.1 Å². The zero-order valence-corrected chi connectivity index (χ0v) is 14.5. The third-order valence-corrected chi connectivity index (χ3v) is 4.57. The van der Waals surface area contributed by atoms with E-state index in [9.17, 15) is 9.59 Å². The zero-order valence-electron chi connectivity index (χ0n) is 14.5. The summed E-state index contributed by atoms with van der Waals surface area (Å²) in [5.41, 5.74) is 0.554. The number of hydrogen-bond donors (Lipinski definition) is 2. The average molecular weight is 332 g/mol. The molecule has 5 heteroatoms. The van der Waals surface area contributed by atoms with Crippen molar-refractivity contribution in [3.05, 3.63) is 29.8 Å². The molecule has 24 heavy (non-hydrogen) atoms. The lowest BCUT2D eigenvalue weighted by Gasteiger charge is -2.20. The minimum atomic E-state index is -0.162. The minimum Gasteiger partial charge on any atom is -0.497 e. The smallest absolute Gasteiger partial charge is 0.251 e. The van der Waals surface area contributed by atoms with E-state index in [0.717, 1.165) is 12.3 Å². The lowest BCUT2D eigenvalue weighted by molar-refractivity contribution is -0.121. The maximum absolute atomic E-state index is 12.0. The van der Waals surface area contributed by atoms with Gasteiger partial charge in [-0.05, 0) is 30.5 Å². The molecule has 1 aliphatic rings. The summed E-state index contributed by atoms with van der Waals surface area (Å²) in [7, 11) is 1.57. The molecule has 0 unspecified atom stereocenters. The Hall–Kier alpha value is -2.04. The van der Waals surface area contributed by atoms with Crippen molar-refractivity contribution in [2.24, 2.45) is 5.92 Å². The molecule has 0 aliphatic heterocycles. The van der Waals surface area contributed by atoms with Crippen molar-refractivity contribution in [1.82, 2.24) is 10.6 Å². The average Bonchev–Trinajstić information content (AvgIpc) is 2.64. The van der Waals surface area contributed by atoms with E-state index >= 15 is 0 Å². The van der Waals surface area contributed by atoms with E-state index in [1.807, 2.05) is 0 Å². The molecule has 0 radical (unpaired) electrons. The Labute approximate surface area is 144 Å². The summed E-state index contributed by atoms with van der Waals surface area (Å²) in [5.74, 6) is 1.29. The Morgan fingerprint density at radius 2 is 1.88 bits per heavy atom. The number of ether oxygens (including phenoxy) is 1. The second kappa shape index (κ2) is 9.96. The first-order valence-corrected chi connectivity index (χ1v) is 8.88. The third-order valence-electron chi connectivity index (χ3n) is 4.57. The molecule has 0 heterocycles. The largest absolute Gasteiger partial charge is 0.497 e. The van der Waals surface area contributed by atoms with Gasteiger partial charge in [0.05, 0.1) is 7.11 Å². The van der Waals surface area contributed by atoms with Gasteiger partial charge in [-0.25, -0.2) is 0 Å². The van der Waals surface area contributed by atoms with Crippen LogP contribution in [-0.4, -0.2) is 32.0 Å². The summed E-state index contributed by atoms with van der Waals surface area (Å²) in [5, 5.41) is 5.68. The van der Waals surface area contributed by atoms with Gasteiger partial charge in [-0.2, -0.15) is 0 Å². The summed E-state index contributed by atoms with van der Waals surface area (Å²) < 4.78 is 5.10. The van der Waals surface area contributed by atoms with Crippen molar-refractivity contribution in [3.8, 4) is 5.75 Å². The van der Waals surface area contributed by atoms with E-state index in [0.29, 0.717) is 30.8 Å².